The summed E-state index contributed by atoms with van der Waals surface area (Å²) in [6.07, 6.45) is 24.9. The number of quaternary nitrogens is 1. The number of allylic oxidation sites excluding steroid dienone is 2. The molecule has 9 heteroatoms. The lowest BCUT2D eigenvalue weighted by Crippen LogP contribution is -2.37. The number of phosphoric ester groups is 1. The third-order valence-corrected chi connectivity index (χ3v) is 7.54. The molecule has 0 rings (SSSR count). The number of esters is 1. The number of carbonyl (C=O) groups is 1. The molecule has 0 amide bonds. The zero-order chi connectivity index (χ0) is 29.2. The summed E-state index contributed by atoms with van der Waals surface area (Å²) in [5.41, 5.74) is 0. The van der Waals surface area contributed by atoms with Gasteiger partial charge in [-0.3, -0.25) is 9.36 Å². The Bertz CT molecular complexity index is 652. The summed E-state index contributed by atoms with van der Waals surface area (Å²) in [5, 5.41) is 9.39. The topological polar surface area (TPSA) is 105 Å². The van der Waals surface area contributed by atoms with Gasteiger partial charge in [0.2, 0.25) is 0 Å². The number of hydrogen-bond acceptors (Lipinski definition) is 7. The second-order valence-electron chi connectivity index (χ2n) is 11.6. The van der Waals surface area contributed by atoms with Crippen LogP contribution in [0, 0.1) is 0 Å². The van der Waals surface area contributed by atoms with E-state index in [-0.39, 0.29) is 13.0 Å². The maximum Gasteiger partial charge on any atom is 0.306 e. The van der Waals surface area contributed by atoms with E-state index in [9.17, 15) is 19.4 Å². The molecule has 2 unspecified atom stereocenters. The van der Waals surface area contributed by atoms with Crippen molar-refractivity contribution in [3.05, 3.63) is 12.2 Å². The van der Waals surface area contributed by atoms with Crippen molar-refractivity contribution >= 4 is 13.8 Å². The lowest BCUT2D eigenvalue weighted by Gasteiger charge is -2.28. The Hall–Kier alpha value is -0.760. The first kappa shape index (κ1) is 38.2. The summed E-state index contributed by atoms with van der Waals surface area (Å²) in [4.78, 5) is 23.9. The SMILES string of the molecule is CCCCCCCC/C=C\CCCCCCCCCCCC(=O)OC(CO)COP(=O)([O-])OCC[N+](C)(C)C. The average Bonchev–Trinajstić information content (AvgIpc) is 2.87. The predicted molar refractivity (Wildman–Crippen MR) is 157 cm³/mol. The van der Waals surface area contributed by atoms with Gasteiger partial charge in [0.05, 0.1) is 34.4 Å². The number of aliphatic hydroxyl groups excluding tert-OH is 1. The van der Waals surface area contributed by atoms with Crippen molar-refractivity contribution in [3.8, 4) is 0 Å². The number of nitrogens with zero attached hydrogens (tertiary/aromatic N) is 1. The van der Waals surface area contributed by atoms with Gasteiger partial charge in [-0.15, -0.1) is 0 Å². The van der Waals surface area contributed by atoms with Crippen molar-refractivity contribution in [2.75, 3.05) is 47.5 Å². The Morgan fingerprint density at radius 1 is 0.821 bits per heavy atom. The zero-order valence-corrected chi connectivity index (χ0v) is 26.5. The van der Waals surface area contributed by atoms with Gasteiger partial charge < -0.3 is 28.3 Å². The Morgan fingerprint density at radius 2 is 1.31 bits per heavy atom. The summed E-state index contributed by atoms with van der Waals surface area (Å²) in [6, 6.07) is 0. The second kappa shape index (κ2) is 25.0. The first-order valence-electron chi connectivity index (χ1n) is 15.5. The largest absolute Gasteiger partial charge is 0.756 e. The lowest BCUT2D eigenvalue weighted by molar-refractivity contribution is -0.870. The van der Waals surface area contributed by atoms with Crippen molar-refractivity contribution in [2.24, 2.45) is 0 Å². The molecular weight excluding hydrogens is 517 g/mol. The molecule has 0 saturated carbocycles. The Kier molecular flexibility index (Phi) is 24.5. The van der Waals surface area contributed by atoms with Crippen LogP contribution in [-0.4, -0.2) is 69.2 Å². The van der Waals surface area contributed by atoms with Crippen LogP contribution < -0.4 is 4.89 Å². The molecule has 0 saturated heterocycles. The molecule has 0 fully saturated rings. The second-order valence-corrected chi connectivity index (χ2v) is 13.0. The number of aliphatic hydroxyl groups is 1. The molecule has 39 heavy (non-hydrogen) atoms. The fourth-order valence-corrected chi connectivity index (χ4v) is 4.78. The highest BCUT2D eigenvalue weighted by Crippen LogP contribution is 2.38. The minimum absolute atomic E-state index is 0.00907. The van der Waals surface area contributed by atoms with E-state index in [1.807, 2.05) is 21.1 Å². The number of unbranched alkanes of at least 4 members (excludes halogenated alkanes) is 15. The van der Waals surface area contributed by atoms with Gasteiger partial charge in [-0.25, -0.2) is 0 Å². The van der Waals surface area contributed by atoms with E-state index < -0.39 is 33.1 Å². The molecule has 0 aliphatic carbocycles. The van der Waals surface area contributed by atoms with Crippen LogP contribution in [-0.2, 0) is 23.1 Å². The highest BCUT2D eigenvalue weighted by molar-refractivity contribution is 7.45. The van der Waals surface area contributed by atoms with Gasteiger partial charge in [-0.1, -0.05) is 96.1 Å². The minimum Gasteiger partial charge on any atom is -0.756 e. The summed E-state index contributed by atoms with van der Waals surface area (Å²) in [6.45, 7) is 1.77. The standard InChI is InChI=1S/C30H60NO7P/c1-5-6-7-8-9-10-11-12-13-14-15-16-17-18-19-20-21-22-23-24-30(33)38-29(27-32)28-37-39(34,35)36-26-25-31(2,3)4/h12-13,29,32H,5-11,14-28H2,1-4H3/b13-12-. The van der Waals surface area contributed by atoms with E-state index in [0.717, 1.165) is 19.3 Å². The first-order valence-corrected chi connectivity index (χ1v) is 16.9. The van der Waals surface area contributed by atoms with Crippen LogP contribution in [0.2, 0.25) is 0 Å². The normalized spacial score (nSPS) is 14.5. The van der Waals surface area contributed by atoms with Gasteiger partial charge in [0.25, 0.3) is 7.82 Å². The number of ether oxygens (including phenoxy) is 1. The molecule has 232 valence electrons. The highest BCUT2D eigenvalue weighted by atomic mass is 31.2. The summed E-state index contributed by atoms with van der Waals surface area (Å²) >= 11 is 0. The summed E-state index contributed by atoms with van der Waals surface area (Å²) < 4.78 is 27.1. The predicted octanol–water partition coefficient (Wildman–Crippen LogP) is 6.70. The average molecular weight is 578 g/mol. The van der Waals surface area contributed by atoms with Crippen LogP contribution in [0.25, 0.3) is 0 Å². The monoisotopic (exact) mass is 577 g/mol. The quantitative estimate of drug-likeness (QED) is 0.0363. The number of likely N-dealkylation sites (N-methyl/N-ethyl adjacent to an activating group) is 1. The fraction of sp³-hybridized carbons (Fsp3) is 0.900. The molecule has 0 aromatic rings. The smallest absolute Gasteiger partial charge is 0.306 e. The summed E-state index contributed by atoms with van der Waals surface area (Å²) in [5.74, 6) is -0.453. The molecule has 0 aromatic heterocycles. The number of phosphoric acid groups is 1. The maximum atomic E-state index is 12.0. The molecule has 0 radical (unpaired) electrons. The third-order valence-electron chi connectivity index (χ3n) is 6.57. The van der Waals surface area contributed by atoms with Gasteiger partial charge in [0.1, 0.15) is 19.3 Å². The number of hydrogen-bond donors (Lipinski definition) is 1. The van der Waals surface area contributed by atoms with Crippen LogP contribution in [0.4, 0.5) is 0 Å². The Morgan fingerprint density at radius 3 is 1.79 bits per heavy atom. The van der Waals surface area contributed by atoms with Gasteiger partial charge in [-0.2, -0.15) is 0 Å². The van der Waals surface area contributed by atoms with Crippen molar-refractivity contribution in [2.45, 2.75) is 129 Å². The van der Waals surface area contributed by atoms with Gasteiger partial charge in [0.15, 0.2) is 0 Å². The van der Waals surface area contributed by atoms with Gasteiger partial charge >= 0.3 is 5.97 Å². The molecule has 8 nitrogen and oxygen atoms in total. The third kappa shape index (κ3) is 28.6. The van der Waals surface area contributed by atoms with E-state index in [2.05, 4.69) is 19.1 Å². The van der Waals surface area contributed by atoms with Gasteiger partial charge in [0, 0.05) is 6.42 Å². The molecule has 0 aliphatic heterocycles. The Labute approximate surface area is 239 Å². The van der Waals surface area contributed by atoms with E-state index in [1.54, 1.807) is 0 Å². The molecule has 0 bridgehead atoms. The van der Waals surface area contributed by atoms with Crippen LogP contribution >= 0.6 is 7.82 Å². The van der Waals surface area contributed by atoms with E-state index in [0.29, 0.717) is 11.0 Å². The fourth-order valence-electron chi connectivity index (χ4n) is 4.05. The molecule has 2 atom stereocenters. The van der Waals surface area contributed by atoms with Crippen molar-refractivity contribution in [1.29, 1.82) is 0 Å². The van der Waals surface area contributed by atoms with Crippen molar-refractivity contribution in [3.63, 3.8) is 0 Å². The molecule has 0 aliphatic rings. The maximum absolute atomic E-state index is 12.0. The van der Waals surface area contributed by atoms with E-state index >= 15 is 0 Å². The highest BCUT2D eigenvalue weighted by Gasteiger charge is 2.19. The molecule has 0 heterocycles. The Balaban J connectivity index is 3.62. The minimum atomic E-state index is -4.51. The zero-order valence-electron chi connectivity index (χ0n) is 25.6. The summed E-state index contributed by atoms with van der Waals surface area (Å²) in [7, 11) is 1.24. The number of rotatable bonds is 28. The molecule has 1 N–H and O–H groups in total. The first-order chi connectivity index (χ1) is 18.6. The molecule has 0 aromatic carbocycles. The van der Waals surface area contributed by atoms with Crippen LogP contribution in [0.3, 0.4) is 0 Å². The van der Waals surface area contributed by atoms with E-state index in [1.165, 1.54) is 89.9 Å². The van der Waals surface area contributed by atoms with Crippen molar-refractivity contribution < 1.29 is 37.6 Å². The lowest BCUT2D eigenvalue weighted by atomic mass is 10.1. The van der Waals surface area contributed by atoms with Crippen LogP contribution in [0.5, 0.6) is 0 Å². The van der Waals surface area contributed by atoms with E-state index in [4.69, 9.17) is 13.8 Å². The molecule has 0 spiro atoms. The van der Waals surface area contributed by atoms with Crippen LogP contribution in [0.15, 0.2) is 12.2 Å². The molecular formula is C30H60NO7P. The van der Waals surface area contributed by atoms with Gasteiger partial charge in [-0.05, 0) is 32.1 Å². The number of carbonyl (C=O) groups excluding carboxylic acids is 1. The van der Waals surface area contributed by atoms with Crippen LogP contribution in [0.1, 0.15) is 122 Å². The van der Waals surface area contributed by atoms with Crippen molar-refractivity contribution in [1.82, 2.24) is 0 Å².